The number of aliphatic hydroxyl groups excluding tert-OH is 1. The number of halogens is 2. The number of aromatic nitrogens is 3. The van der Waals surface area contributed by atoms with Crippen LogP contribution in [0.1, 0.15) is 56.6 Å². The molecule has 2 aromatic rings. The summed E-state index contributed by atoms with van der Waals surface area (Å²) in [5.41, 5.74) is 6.07. The van der Waals surface area contributed by atoms with Crippen LogP contribution in [0.2, 0.25) is 5.02 Å². The van der Waals surface area contributed by atoms with Gasteiger partial charge in [0.15, 0.2) is 5.82 Å². The van der Waals surface area contributed by atoms with E-state index in [2.05, 4.69) is 12.0 Å². The first-order valence-corrected chi connectivity index (χ1v) is 9.70. The zero-order chi connectivity index (χ0) is 18.5. The number of unbranched alkanes of at least 4 members (excludes halogenated alkanes) is 1. The quantitative estimate of drug-likeness (QED) is 0.721. The third kappa shape index (κ3) is 5.82. The van der Waals surface area contributed by atoms with Crippen LogP contribution in [0.3, 0.4) is 0 Å². The largest absolute Gasteiger partial charge is 0.485 e. The minimum Gasteiger partial charge on any atom is -0.485 e. The minimum atomic E-state index is -0.413. The van der Waals surface area contributed by atoms with Crippen LogP contribution in [0.25, 0.3) is 0 Å². The standard InChI is InChI=1S/C19H27ClN4O2.ClH/c1-2-3-9-24-19(13-7-8-17(25)16(21)10-13)22-18(23-24)12-26-15-6-4-5-14(20)11-15;/h4-6,11,13,16-17,25H,2-3,7-10,12,21H2,1H3;1H/t13-,16+,17+;/m0./s1. The van der Waals surface area contributed by atoms with Gasteiger partial charge in [-0.15, -0.1) is 12.4 Å². The fourth-order valence-electron chi connectivity index (χ4n) is 3.37. The molecule has 1 saturated carbocycles. The molecule has 1 aliphatic carbocycles. The van der Waals surface area contributed by atoms with E-state index in [4.69, 9.17) is 27.1 Å². The molecule has 27 heavy (non-hydrogen) atoms. The van der Waals surface area contributed by atoms with Crippen LogP contribution in [0.4, 0.5) is 0 Å². The molecule has 0 spiro atoms. The lowest BCUT2D eigenvalue weighted by Crippen LogP contribution is -2.40. The van der Waals surface area contributed by atoms with Gasteiger partial charge >= 0.3 is 0 Å². The summed E-state index contributed by atoms with van der Waals surface area (Å²) in [5.74, 6) is 2.56. The van der Waals surface area contributed by atoms with E-state index in [1.54, 1.807) is 6.07 Å². The summed E-state index contributed by atoms with van der Waals surface area (Å²) >= 11 is 5.99. The van der Waals surface area contributed by atoms with Crippen molar-refractivity contribution in [1.29, 1.82) is 0 Å². The Bertz CT molecular complexity index is 725. The van der Waals surface area contributed by atoms with Gasteiger partial charge in [0, 0.05) is 23.5 Å². The van der Waals surface area contributed by atoms with E-state index in [-0.39, 0.29) is 24.4 Å². The van der Waals surface area contributed by atoms with Gasteiger partial charge in [0.05, 0.1) is 6.10 Å². The van der Waals surface area contributed by atoms with E-state index in [9.17, 15) is 5.11 Å². The van der Waals surface area contributed by atoms with Gasteiger partial charge in [0.2, 0.25) is 0 Å². The van der Waals surface area contributed by atoms with Crippen molar-refractivity contribution in [1.82, 2.24) is 14.8 Å². The van der Waals surface area contributed by atoms with Crippen LogP contribution in [-0.2, 0) is 13.2 Å². The van der Waals surface area contributed by atoms with Gasteiger partial charge in [0.25, 0.3) is 0 Å². The van der Waals surface area contributed by atoms with Gasteiger partial charge in [-0.2, -0.15) is 5.10 Å². The number of hydrogen-bond acceptors (Lipinski definition) is 5. The van der Waals surface area contributed by atoms with Crippen LogP contribution >= 0.6 is 24.0 Å². The van der Waals surface area contributed by atoms with E-state index in [1.807, 2.05) is 22.9 Å². The highest BCUT2D eigenvalue weighted by molar-refractivity contribution is 6.30. The van der Waals surface area contributed by atoms with Crippen LogP contribution < -0.4 is 10.5 Å². The first kappa shape index (κ1) is 22.0. The van der Waals surface area contributed by atoms with E-state index >= 15 is 0 Å². The van der Waals surface area contributed by atoms with Gasteiger partial charge in [-0.05, 0) is 43.9 Å². The lowest BCUT2D eigenvalue weighted by Gasteiger charge is -2.30. The molecule has 1 fully saturated rings. The van der Waals surface area contributed by atoms with E-state index in [0.29, 0.717) is 29.6 Å². The van der Waals surface area contributed by atoms with Crippen molar-refractivity contribution < 1.29 is 9.84 Å². The van der Waals surface area contributed by atoms with Crippen molar-refractivity contribution in [2.45, 2.75) is 70.2 Å². The van der Waals surface area contributed by atoms with Crippen molar-refractivity contribution in [3.63, 3.8) is 0 Å². The molecule has 6 nitrogen and oxygen atoms in total. The predicted molar refractivity (Wildman–Crippen MR) is 109 cm³/mol. The van der Waals surface area contributed by atoms with Crippen molar-refractivity contribution in [2.24, 2.45) is 5.73 Å². The number of ether oxygens (including phenoxy) is 1. The van der Waals surface area contributed by atoms with Crippen LogP contribution in [0.15, 0.2) is 24.3 Å². The molecule has 1 aromatic carbocycles. The smallest absolute Gasteiger partial charge is 0.188 e. The normalized spacial score (nSPS) is 22.3. The second kappa shape index (κ2) is 10.3. The number of rotatable bonds is 7. The zero-order valence-electron chi connectivity index (χ0n) is 15.6. The maximum atomic E-state index is 9.89. The number of hydrogen-bond donors (Lipinski definition) is 2. The summed E-state index contributed by atoms with van der Waals surface area (Å²) in [5, 5.41) is 15.2. The molecule has 0 bridgehead atoms. The molecule has 0 unspecified atom stereocenters. The highest BCUT2D eigenvalue weighted by Gasteiger charge is 2.30. The Balaban J connectivity index is 0.00000261. The Morgan fingerprint density at radius 1 is 1.37 bits per heavy atom. The first-order valence-electron chi connectivity index (χ1n) is 9.32. The van der Waals surface area contributed by atoms with Gasteiger partial charge in [-0.1, -0.05) is 31.0 Å². The van der Waals surface area contributed by atoms with Gasteiger partial charge in [0.1, 0.15) is 18.2 Å². The third-order valence-electron chi connectivity index (χ3n) is 4.86. The summed E-state index contributed by atoms with van der Waals surface area (Å²) in [6.07, 6.45) is 4.06. The average Bonchev–Trinajstić information content (AvgIpc) is 3.04. The molecule has 1 aliphatic rings. The average molecular weight is 415 g/mol. The van der Waals surface area contributed by atoms with Crippen LogP contribution in [0, 0.1) is 0 Å². The topological polar surface area (TPSA) is 86.2 Å². The highest BCUT2D eigenvalue weighted by Crippen LogP contribution is 2.31. The van der Waals surface area contributed by atoms with Crippen LogP contribution in [-0.4, -0.2) is 32.0 Å². The number of benzene rings is 1. The summed E-state index contributed by atoms with van der Waals surface area (Å²) in [7, 11) is 0. The van der Waals surface area contributed by atoms with E-state index < -0.39 is 6.10 Å². The molecule has 0 radical (unpaired) electrons. The Morgan fingerprint density at radius 2 is 2.19 bits per heavy atom. The van der Waals surface area contributed by atoms with Gasteiger partial charge in [-0.3, -0.25) is 0 Å². The SMILES string of the molecule is CCCCn1nc(COc2cccc(Cl)c2)nc1[C@H]1CC[C@@H](O)[C@H](N)C1.Cl. The van der Waals surface area contributed by atoms with Crippen molar-refractivity contribution in [3.05, 3.63) is 40.9 Å². The van der Waals surface area contributed by atoms with Crippen molar-refractivity contribution in [2.75, 3.05) is 0 Å². The number of nitrogens with two attached hydrogens (primary N) is 1. The lowest BCUT2D eigenvalue weighted by atomic mass is 9.83. The van der Waals surface area contributed by atoms with Crippen molar-refractivity contribution >= 4 is 24.0 Å². The second-order valence-electron chi connectivity index (χ2n) is 6.95. The summed E-state index contributed by atoms with van der Waals surface area (Å²) in [6, 6.07) is 7.10. The third-order valence-corrected chi connectivity index (χ3v) is 5.09. The molecular formula is C19H28Cl2N4O2. The number of aryl methyl sites for hydroxylation is 1. The lowest BCUT2D eigenvalue weighted by molar-refractivity contribution is 0.0984. The van der Waals surface area contributed by atoms with Gasteiger partial charge in [-0.25, -0.2) is 9.67 Å². The fraction of sp³-hybridized carbons (Fsp3) is 0.579. The molecule has 3 atom stereocenters. The highest BCUT2D eigenvalue weighted by atomic mass is 35.5. The molecule has 0 saturated heterocycles. The summed E-state index contributed by atoms with van der Waals surface area (Å²) in [6.45, 7) is 3.30. The molecular weight excluding hydrogens is 387 g/mol. The first-order chi connectivity index (χ1) is 12.6. The predicted octanol–water partition coefficient (Wildman–Crippen LogP) is 3.69. The second-order valence-corrected chi connectivity index (χ2v) is 7.39. The monoisotopic (exact) mass is 414 g/mol. The Hall–Kier alpha value is -1.34. The molecule has 3 N–H and O–H groups in total. The molecule has 1 aromatic heterocycles. The maximum Gasteiger partial charge on any atom is 0.188 e. The molecule has 0 amide bonds. The maximum absolute atomic E-state index is 9.89. The van der Waals surface area contributed by atoms with E-state index in [1.165, 1.54) is 0 Å². The zero-order valence-corrected chi connectivity index (χ0v) is 17.1. The molecule has 0 aliphatic heterocycles. The van der Waals surface area contributed by atoms with Crippen molar-refractivity contribution in [3.8, 4) is 5.75 Å². The van der Waals surface area contributed by atoms with E-state index in [0.717, 1.165) is 38.1 Å². The Kier molecular flexibility index (Phi) is 8.35. The molecule has 150 valence electrons. The molecule has 8 heteroatoms. The Morgan fingerprint density at radius 3 is 2.89 bits per heavy atom. The van der Waals surface area contributed by atoms with Gasteiger partial charge < -0.3 is 15.6 Å². The molecule has 1 heterocycles. The minimum absolute atomic E-state index is 0. The summed E-state index contributed by atoms with van der Waals surface area (Å²) < 4.78 is 7.78. The number of aliphatic hydroxyl groups is 1. The fourth-order valence-corrected chi connectivity index (χ4v) is 3.55. The van der Waals surface area contributed by atoms with Crippen LogP contribution in [0.5, 0.6) is 5.75 Å². The molecule has 3 rings (SSSR count). The summed E-state index contributed by atoms with van der Waals surface area (Å²) in [4.78, 5) is 4.74. The number of nitrogens with zero attached hydrogens (tertiary/aromatic N) is 3. The Labute approximate surface area is 171 Å².